The molecule has 20 heavy (non-hydrogen) atoms. The minimum absolute atomic E-state index is 0.107. The fourth-order valence-corrected chi connectivity index (χ4v) is 1.52. The van der Waals surface area contributed by atoms with E-state index in [1.165, 1.54) is 14.2 Å². The van der Waals surface area contributed by atoms with Gasteiger partial charge in [0, 0.05) is 27.1 Å². The molecule has 1 unspecified atom stereocenters. The number of carbonyl (C=O) groups excluding carboxylic acids is 2. The molecule has 2 amide bonds. The Kier molecular flexibility index (Phi) is 5.91. The maximum absolute atomic E-state index is 11.9. The number of hydrogen-bond donors (Lipinski definition) is 2. The van der Waals surface area contributed by atoms with Crippen LogP contribution in [0.2, 0.25) is 0 Å². The summed E-state index contributed by atoms with van der Waals surface area (Å²) in [5, 5.41) is 14.6. The third-order valence-electron chi connectivity index (χ3n) is 2.58. The van der Waals surface area contributed by atoms with Gasteiger partial charge in [-0.05, 0) is 0 Å². The number of carboxylic acid groups (broad SMARTS) is 1. The lowest BCUT2D eigenvalue weighted by molar-refractivity contribution is -0.143. The molecular weight excluding hydrogens is 270 g/mol. The molecule has 1 aliphatic rings. The summed E-state index contributed by atoms with van der Waals surface area (Å²) in [5.74, 6) is -2.05. The maximum atomic E-state index is 11.9. The summed E-state index contributed by atoms with van der Waals surface area (Å²) in [6.07, 6.45) is -1.10. The van der Waals surface area contributed by atoms with Crippen molar-refractivity contribution in [3.63, 3.8) is 0 Å². The van der Waals surface area contributed by atoms with Gasteiger partial charge in [-0.1, -0.05) is 5.16 Å². The van der Waals surface area contributed by atoms with Gasteiger partial charge < -0.3 is 24.9 Å². The van der Waals surface area contributed by atoms with E-state index < -0.39 is 18.0 Å². The normalized spacial score (nSPS) is 17.1. The Labute approximate surface area is 115 Å². The van der Waals surface area contributed by atoms with Gasteiger partial charge >= 0.3 is 5.97 Å². The van der Waals surface area contributed by atoms with E-state index in [1.807, 2.05) is 0 Å². The molecule has 0 saturated carbocycles. The van der Waals surface area contributed by atoms with Gasteiger partial charge in [-0.25, -0.2) is 4.79 Å². The zero-order valence-electron chi connectivity index (χ0n) is 11.3. The van der Waals surface area contributed by atoms with E-state index in [4.69, 9.17) is 14.7 Å². The number of nitrogens with zero attached hydrogens (tertiary/aromatic N) is 2. The standard InChI is InChI=1S/C11H17N3O6/c1-14(6-9(15)12-3-4-19-2)10(16)8-5-7(11(17)18)13-20-8/h8H,3-6H2,1-2H3,(H,12,15)(H,17,18). The third-order valence-corrected chi connectivity index (χ3v) is 2.58. The van der Waals surface area contributed by atoms with Crippen LogP contribution >= 0.6 is 0 Å². The van der Waals surface area contributed by atoms with Gasteiger partial charge in [0.1, 0.15) is 0 Å². The molecule has 0 aromatic rings. The van der Waals surface area contributed by atoms with Gasteiger partial charge in [0.25, 0.3) is 5.91 Å². The molecule has 9 nitrogen and oxygen atoms in total. The second kappa shape index (κ2) is 7.43. The predicted molar refractivity (Wildman–Crippen MR) is 67.1 cm³/mol. The van der Waals surface area contributed by atoms with Crippen LogP contribution in [0.15, 0.2) is 5.16 Å². The van der Waals surface area contributed by atoms with Crippen LogP contribution in [0.1, 0.15) is 6.42 Å². The maximum Gasteiger partial charge on any atom is 0.353 e. The van der Waals surface area contributed by atoms with Crippen molar-refractivity contribution < 1.29 is 29.1 Å². The van der Waals surface area contributed by atoms with E-state index >= 15 is 0 Å². The zero-order chi connectivity index (χ0) is 15.1. The molecule has 0 aromatic heterocycles. The second-order valence-electron chi connectivity index (χ2n) is 4.18. The van der Waals surface area contributed by atoms with Crippen molar-refractivity contribution >= 4 is 23.5 Å². The molecular formula is C11H17N3O6. The van der Waals surface area contributed by atoms with Crippen LogP contribution in [0.4, 0.5) is 0 Å². The Hall–Kier alpha value is -2.16. The van der Waals surface area contributed by atoms with Crippen LogP contribution in [0, 0.1) is 0 Å². The molecule has 9 heteroatoms. The number of methoxy groups -OCH3 is 1. The number of oxime groups is 1. The van der Waals surface area contributed by atoms with Gasteiger partial charge in [-0.3, -0.25) is 9.59 Å². The minimum atomic E-state index is -1.22. The van der Waals surface area contributed by atoms with E-state index in [1.54, 1.807) is 0 Å². The summed E-state index contributed by atoms with van der Waals surface area (Å²) in [5.41, 5.74) is -0.207. The van der Waals surface area contributed by atoms with Gasteiger partial charge in [-0.15, -0.1) is 0 Å². The van der Waals surface area contributed by atoms with Gasteiger partial charge in [0.15, 0.2) is 5.71 Å². The fourth-order valence-electron chi connectivity index (χ4n) is 1.52. The number of ether oxygens (including phenoxy) is 1. The summed E-state index contributed by atoms with van der Waals surface area (Å²) >= 11 is 0. The van der Waals surface area contributed by atoms with E-state index in [0.29, 0.717) is 13.2 Å². The summed E-state index contributed by atoms with van der Waals surface area (Å²) < 4.78 is 4.77. The molecule has 0 radical (unpaired) electrons. The van der Waals surface area contributed by atoms with Crippen molar-refractivity contribution in [2.75, 3.05) is 33.9 Å². The highest BCUT2D eigenvalue weighted by molar-refractivity contribution is 6.36. The Morgan fingerprint density at radius 1 is 1.55 bits per heavy atom. The highest BCUT2D eigenvalue weighted by Gasteiger charge is 2.33. The second-order valence-corrected chi connectivity index (χ2v) is 4.18. The third kappa shape index (κ3) is 4.50. The number of likely N-dealkylation sites (N-methyl/N-ethyl adjacent to an activating group) is 1. The number of carboxylic acids is 1. The van der Waals surface area contributed by atoms with Crippen LogP contribution in [0.25, 0.3) is 0 Å². The zero-order valence-corrected chi connectivity index (χ0v) is 11.3. The first-order chi connectivity index (χ1) is 9.45. The molecule has 0 aromatic carbocycles. The first-order valence-electron chi connectivity index (χ1n) is 5.92. The summed E-state index contributed by atoms with van der Waals surface area (Å²) in [6.45, 7) is 0.583. The summed E-state index contributed by atoms with van der Waals surface area (Å²) in [7, 11) is 2.94. The molecule has 2 N–H and O–H groups in total. The molecule has 0 saturated heterocycles. The summed E-state index contributed by atoms with van der Waals surface area (Å²) in [6, 6.07) is 0. The smallest absolute Gasteiger partial charge is 0.353 e. The number of aliphatic carboxylic acids is 1. The number of carbonyl (C=O) groups is 3. The number of rotatable bonds is 7. The van der Waals surface area contributed by atoms with Crippen molar-refractivity contribution in [1.29, 1.82) is 0 Å². The van der Waals surface area contributed by atoms with Crippen molar-refractivity contribution in [3.05, 3.63) is 0 Å². The van der Waals surface area contributed by atoms with Crippen LogP contribution in [0.3, 0.4) is 0 Å². The Bertz CT molecular complexity index is 422. The Morgan fingerprint density at radius 3 is 2.80 bits per heavy atom. The molecule has 1 atom stereocenters. The Morgan fingerprint density at radius 2 is 2.25 bits per heavy atom. The molecule has 1 heterocycles. The molecule has 112 valence electrons. The summed E-state index contributed by atoms with van der Waals surface area (Å²) in [4.78, 5) is 40.0. The fraction of sp³-hybridized carbons (Fsp3) is 0.636. The largest absolute Gasteiger partial charge is 0.477 e. The quantitative estimate of drug-likeness (QED) is 0.547. The van der Waals surface area contributed by atoms with E-state index in [9.17, 15) is 14.4 Å². The first-order valence-corrected chi connectivity index (χ1v) is 5.92. The average molecular weight is 287 g/mol. The van der Waals surface area contributed by atoms with Gasteiger partial charge in [-0.2, -0.15) is 0 Å². The van der Waals surface area contributed by atoms with Crippen LogP contribution in [-0.4, -0.2) is 73.5 Å². The van der Waals surface area contributed by atoms with Gasteiger partial charge in [0.05, 0.1) is 13.2 Å². The topological polar surface area (TPSA) is 118 Å². The van der Waals surface area contributed by atoms with Crippen LogP contribution < -0.4 is 5.32 Å². The molecule has 0 fully saturated rings. The number of hydrogen-bond acceptors (Lipinski definition) is 6. The highest BCUT2D eigenvalue weighted by Crippen LogP contribution is 2.12. The Balaban J connectivity index is 2.37. The van der Waals surface area contributed by atoms with E-state index in [0.717, 1.165) is 4.90 Å². The lowest BCUT2D eigenvalue weighted by Crippen LogP contribution is -2.43. The molecule has 0 bridgehead atoms. The lowest BCUT2D eigenvalue weighted by Gasteiger charge is -2.19. The highest BCUT2D eigenvalue weighted by atomic mass is 16.6. The van der Waals surface area contributed by atoms with Crippen LogP contribution in [-0.2, 0) is 24.0 Å². The van der Waals surface area contributed by atoms with Crippen molar-refractivity contribution in [2.45, 2.75) is 12.5 Å². The number of amides is 2. The van der Waals surface area contributed by atoms with E-state index in [2.05, 4.69) is 10.5 Å². The van der Waals surface area contributed by atoms with Crippen molar-refractivity contribution in [1.82, 2.24) is 10.2 Å². The minimum Gasteiger partial charge on any atom is -0.477 e. The lowest BCUT2D eigenvalue weighted by atomic mass is 10.1. The predicted octanol–water partition coefficient (Wildman–Crippen LogP) is -1.56. The van der Waals surface area contributed by atoms with Gasteiger partial charge in [0.2, 0.25) is 12.0 Å². The van der Waals surface area contributed by atoms with Crippen LogP contribution in [0.5, 0.6) is 0 Å². The SMILES string of the molecule is COCCNC(=O)CN(C)C(=O)C1CC(C(=O)O)=NO1. The molecule has 1 aliphatic heterocycles. The molecule has 0 spiro atoms. The molecule has 1 rings (SSSR count). The number of nitrogens with one attached hydrogen (secondary N) is 1. The molecule has 0 aliphatic carbocycles. The van der Waals surface area contributed by atoms with E-state index in [-0.39, 0.29) is 24.6 Å². The van der Waals surface area contributed by atoms with Crippen molar-refractivity contribution in [3.8, 4) is 0 Å². The first kappa shape index (κ1) is 15.9. The van der Waals surface area contributed by atoms with Crippen molar-refractivity contribution in [2.24, 2.45) is 5.16 Å². The average Bonchev–Trinajstić information content (AvgIpc) is 2.87. The monoisotopic (exact) mass is 287 g/mol.